The number of hydrogen-bond donors (Lipinski definition) is 4. The summed E-state index contributed by atoms with van der Waals surface area (Å²) in [6.07, 6.45) is 4.52. The molecule has 1 amide bonds. The van der Waals surface area contributed by atoms with Crippen molar-refractivity contribution in [2.24, 2.45) is 11.7 Å². The Kier molecular flexibility index (Phi) is 12.7. The molecule has 1 saturated carbocycles. The zero-order valence-electron chi connectivity index (χ0n) is 23.0. The van der Waals surface area contributed by atoms with Gasteiger partial charge in [0.1, 0.15) is 31.0 Å². The van der Waals surface area contributed by atoms with Gasteiger partial charge in [-0.25, -0.2) is 9.59 Å². The quantitative estimate of drug-likeness (QED) is 0.250. The first-order valence-electron chi connectivity index (χ1n) is 13.8. The van der Waals surface area contributed by atoms with E-state index in [1.807, 2.05) is 84.9 Å². The van der Waals surface area contributed by atoms with Gasteiger partial charge in [0, 0.05) is 0 Å². The second kappa shape index (κ2) is 16.7. The molecular formula is C32H38N2O7. The molecule has 218 valence electrons. The molecule has 2 atom stereocenters. The second-order valence-corrected chi connectivity index (χ2v) is 9.99. The van der Waals surface area contributed by atoms with E-state index in [0.29, 0.717) is 13.0 Å². The topological polar surface area (TPSA) is 148 Å². The highest BCUT2D eigenvalue weighted by molar-refractivity contribution is 5.80. The number of hydrogen-bond acceptors (Lipinski definition) is 6. The predicted molar refractivity (Wildman–Crippen MR) is 154 cm³/mol. The maximum atomic E-state index is 11.8. The minimum atomic E-state index is -0.991. The zero-order valence-corrected chi connectivity index (χ0v) is 23.0. The van der Waals surface area contributed by atoms with Gasteiger partial charge in [-0.1, -0.05) is 92.1 Å². The van der Waals surface area contributed by atoms with Gasteiger partial charge in [-0.05, 0) is 54.0 Å². The molecule has 1 fully saturated rings. The fraction of sp³-hybridized carbons (Fsp3) is 0.344. The number of amides is 1. The number of rotatable bonds is 11. The largest absolute Gasteiger partial charge is 0.489 e. The number of nitrogens with one attached hydrogen (secondary N) is 1. The van der Waals surface area contributed by atoms with Crippen LogP contribution in [0.5, 0.6) is 5.75 Å². The van der Waals surface area contributed by atoms with E-state index in [4.69, 9.17) is 20.3 Å². The summed E-state index contributed by atoms with van der Waals surface area (Å²) in [6, 6.07) is 24.8. The lowest BCUT2D eigenvalue weighted by Gasteiger charge is -2.27. The number of nitrogens with two attached hydrogens (primary N) is 1. The molecule has 3 aromatic rings. The van der Waals surface area contributed by atoms with Crippen molar-refractivity contribution >= 4 is 18.0 Å². The first-order chi connectivity index (χ1) is 19.8. The summed E-state index contributed by atoms with van der Waals surface area (Å²) in [5, 5.41) is 20.5. The van der Waals surface area contributed by atoms with Gasteiger partial charge in [-0.2, -0.15) is 0 Å². The molecule has 9 nitrogen and oxygen atoms in total. The van der Waals surface area contributed by atoms with E-state index in [1.165, 1.54) is 0 Å². The van der Waals surface area contributed by atoms with Crippen LogP contribution in [0.15, 0.2) is 84.9 Å². The van der Waals surface area contributed by atoms with Gasteiger partial charge in [-0.15, -0.1) is 0 Å². The van der Waals surface area contributed by atoms with E-state index < -0.39 is 30.1 Å². The summed E-state index contributed by atoms with van der Waals surface area (Å²) in [5.74, 6) is -1.23. The average Bonchev–Trinajstić information content (AvgIpc) is 3.00. The summed E-state index contributed by atoms with van der Waals surface area (Å²) in [6.45, 7) is 0.651. The van der Waals surface area contributed by atoms with Gasteiger partial charge >= 0.3 is 18.0 Å². The number of carbonyl (C=O) groups is 3. The molecule has 3 aromatic carbocycles. The van der Waals surface area contributed by atoms with Crippen LogP contribution in [0.1, 0.15) is 48.8 Å². The highest BCUT2D eigenvalue weighted by Crippen LogP contribution is 2.26. The van der Waals surface area contributed by atoms with E-state index in [2.05, 4.69) is 5.32 Å². The minimum absolute atomic E-state index is 0.000486. The number of carbonyl (C=O) groups excluding carboxylic acids is 1. The van der Waals surface area contributed by atoms with Crippen LogP contribution < -0.4 is 15.8 Å². The number of carboxylic acids is 2. The molecule has 1 aliphatic carbocycles. The molecule has 5 N–H and O–H groups in total. The Morgan fingerprint density at radius 3 is 1.85 bits per heavy atom. The Morgan fingerprint density at radius 2 is 1.32 bits per heavy atom. The van der Waals surface area contributed by atoms with Gasteiger partial charge in [0.25, 0.3) is 0 Å². The third-order valence-electron chi connectivity index (χ3n) is 6.82. The van der Waals surface area contributed by atoms with Crippen molar-refractivity contribution < 1.29 is 34.1 Å². The van der Waals surface area contributed by atoms with Crippen LogP contribution in [-0.4, -0.2) is 40.3 Å². The average molecular weight is 563 g/mol. The highest BCUT2D eigenvalue weighted by Gasteiger charge is 2.31. The van der Waals surface area contributed by atoms with Gasteiger partial charge in [0.05, 0.1) is 0 Å². The Bertz CT molecular complexity index is 1210. The van der Waals surface area contributed by atoms with Gasteiger partial charge in [0.15, 0.2) is 0 Å². The molecule has 0 spiro atoms. The Hall–Kier alpha value is -4.37. The fourth-order valence-electron chi connectivity index (χ4n) is 4.54. The van der Waals surface area contributed by atoms with Crippen molar-refractivity contribution in [1.82, 2.24) is 5.32 Å². The fourth-order valence-corrected chi connectivity index (χ4v) is 4.54. The molecule has 0 aliphatic heterocycles. The standard InChI is InChI=1S/C16H21NO4.C16H17NO3/c18-15(19)14(13-9-5-2-6-10-13)17-16(20)21-11-12-7-3-1-4-8-12;17-15(16(18)19)10-12-6-8-14(9-7-12)20-11-13-4-2-1-3-5-13/h1,3-4,7-8,13-14H,2,5-6,9-11H2,(H,17,20)(H,18,19);1-9,15H,10-11,17H2,(H,18,19)/t14-;15-/m00/s1. The number of carboxylic acid groups (broad SMARTS) is 2. The maximum absolute atomic E-state index is 11.8. The molecule has 1 aliphatic rings. The van der Waals surface area contributed by atoms with E-state index in [1.54, 1.807) is 0 Å². The highest BCUT2D eigenvalue weighted by atomic mass is 16.5. The third-order valence-corrected chi connectivity index (χ3v) is 6.82. The van der Waals surface area contributed by atoms with Crippen molar-refractivity contribution in [3.8, 4) is 5.75 Å². The molecule has 0 unspecified atom stereocenters. The van der Waals surface area contributed by atoms with Gasteiger partial charge in [0.2, 0.25) is 0 Å². The van der Waals surface area contributed by atoms with Crippen LogP contribution in [-0.2, 0) is 34.0 Å². The second-order valence-electron chi connectivity index (χ2n) is 9.99. The predicted octanol–water partition coefficient (Wildman–Crippen LogP) is 5.17. The first-order valence-corrected chi connectivity index (χ1v) is 13.8. The van der Waals surface area contributed by atoms with Crippen molar-refractivity contribution in [3.05, 3.63) is 102 Å². The molecular weight excluding hydrogens is 524 g/mol. The smallest absolute Gasteiger partial charge is 0.408 e. The summed E-state index contributed by atoms with van der Waals surface area (Å²) < 4.78 is 10.7. The van der Waals surface area contributed by atoms with Crippen LogP contribution in [0.25, 0.3) is 0 Å². The SMILES string of the molecule is N[C@@H](Cc1ccc(OCc2ccccc2)cc1)C(=O)O.O=C(N[C@H](C(=O)O)C1CCCCC1)OCc1ccccc1. The molecule has 0 heterocycles. The van der Waals surface area contributed by atoms with Crippen LogP contribution in [0, 0.1) is 5.92 Å². The zero-order chi connectivity index (χ0) is 29.5. The monoisotopic (exact) mass is 562 g/mol. The normalized spacial score (nSPS) is 14.5. The van der Waals surface area contributed by atoms with E-state index >= 15 is 0 Å². The first kappa shape index (κ1) is 31.2. The molecule has 4 rings (SSSR count). The number of aliphatic carboxylic acids is 2. The lowest BCUT2D eigenvalue weighted by molar-refractivity contribution is -0.141. The third kappa shape index (κ3) is 11.3. The van der Waals surface area contributed by atoms with E-state index in [-0.39, 0.29) is 12.5 Å². The molecule has 0 aromatic heterocycles. The van der Waals surface area contributed by atoms with Crippen molar-refractivity contribution in [2.75, 3.05) is 0 Å². The van der Waals surface area contributed by atoms with Crippen LogP contribution in [0.2, 0.25) is 0 Å². The minimum Gasteiger partial charge on any atom is -0.489 e. The molecule has 41 heavy (non-hydrogen) atoms. The lowest BCUT2D eigenvalue weighted by Crippen LogP contribution is -2.46. The summed E-state index contributed by atoms with van der Waals surface area (Å²) >= 11 is 0. The molecule has 0 radical (unpaired) electrons. The molecule has 0 bridgehead atoms. The van der Waals surface area contributed by atoms with Crippen LogP contribution in [0.4, 0.5) is 4.79 Å². The van der Waals surface area contributed by atoms with Crippen LogP contribution in [0.3, 0.4) is 0 Å². The van der Waals surface area contributed by atoms with Gasteiger partial charge < -0.3 is 30.7 Å². The molecule has 9 heteroatoms. The molecule has 0 saturated heterocycles. The number of ether oxygens (including phenoxy) is 2. The van der Waals surface area contributed by atoms with Crippen LogP contribution >= 0.6 is 0 Å². The van der Waals surface area contributed by atoms with Crippen molar-refractivity contribution in [2.45, 2.75) is 63.8 Å². The Labute approximate surface area is 240 Å². The van der Waals surface area contributed by atoms with E-state index in [0.717, 1.165) is 54.5 Å². The van der Waals surface area contributed by atoms with Crippen molar-refractivity contribution in [1.29, 1.82) is 0 Å². The number of alkyl carbamates (subject to hydrolysis) is 1. The van der Waals surface area contributed by atoms with Crippen molar-refractivity contribution in [3.63, 3.8) is 0 Å². The Balaban J connectivity index is 0.000000226. The number of benzene rings is 3. The maximum Gasteiger partial charge on any atom is 0.408 e. The van der Waals surface area contributed by atoms with Gasteiger partial charge in [-0.3, -0.25) is 4.79 Å². The Morgan fingerprint density at radius 1 is 0.756 bits per heavy atom. The summed E-state index contributed by atoms with van der Waals surface area (Å²) in [7, 11) is 0. The summed E-state index contributed by atoms with van der Waals surface area (Å²) in [4.78, 5) is 33.8. The summed E-state index contributed by atoms with van der Waals surface area (Å²) in [5.41, 5.74) is 8.35. The van der Waals surface area contributed by atoms with E-state index in [9.17, 15) is 19.5 Å². The lowest BCUT2D eigenvalue weighted by atomic mass is 9.84.